The molecule has 2 heteroatoms. The van der Waals surface area contributed by atoms with Gasteiger partial charge in [-0.1, -0.05) is 48.5 Å². The maximum Gasteiger partial charge on any atom is 0.129 e. The molecule has 0 aliphatic carbocycles. The zero-order chi connectivity index (χ0) is 12.3. The van der Waals surface area contributed by atoms with Gasteiger partial charge in [-0.15, -0.1) is 0 Å². The zero-order valence-electron chi connectivity index (χ0n) is 9.73. The van der Waals surface area contributed by atoms with E-state index in [2.05, 4.69) is 0 Å². The van der Waals surface area contributed by atoms with Crippen LogP contribution in [0.2, 0.25) is 0 Å². The number of hydrogen-bond acceptors (Lipinski definition) is 1. The highest BCUT2D eigenvalue weighted by atomic mass is 19.1. The Hall–Kier alpha value is -1.67. The van der Waals surface area contributed by atoms with E-state index in [1.165, 1.54) is 6.07 Å². The van der Waals surface area contributed by atoms with E-state index in [0.29, 0.717) is 12.0 Å². The zero-order valence-corrected chi connectivity index (χ0v) is 9.73. The lowest BCUT2D eigenvalue weighted by Crippen LogP contribution is -2.25. The summed E-state index contributed by atoms with van der Waals surface area (Å²) in [6.45, 7) is 1.64. The van der Waals surface area contributed by atoms with Crippen LogP contribution in [0.25, 0.3) is 0 Å². The number of rotatable bonds is 3. The molecule has 1 atom stereocenters. The molecule has 0 heterocycles. The monoisotopic (exact) mass is 230 g/mol. The summed E-state index contributed by atoms with van der Waals surface area (Å²) >= 11 is 0. The van der Waals surface area contributed by atoms with Crippen molar-refractivity contribution in [3.63, 3.8) is 0 Å². The van der Waals surface area contributed by atoms with Crippen molar-refractivity contribution < 1.29 is 9.50 Å². The highest BCUT2D eigenvalue weighted by Crippen LogP contribution is 2.27. The van der Waals surface area contributed by atoms with E-state index in [1.807, 2.05) is 30.3 Å². The van der Waals surface area contributed by atoms with E-state index >= 15 is 0 Å². The second-order valence-corrected chi connectivity index (χ2v) is 4.42. The van der Waals surface area contributed by atoms with E-state index in [1.54, 1.807) is 25.1 Å². The number of halogens is 1. The Bertz CT molecular complexity index is 491. The lowest BCUT2D eigenvalue weighted by molar-refractivity contribution is 0.0538. The van der Waals surface area contributed by atoms with Gasteiger partial charge >= 0.3 is 0 Å². The second kappa shape index (κ2) is 4.68. The molecule has 1 N–H and O–H groups in total. The van der Waals surface area contributed by atoms with Crippen LogP contribution in [-0.2, 0) is 12.0 Å². The van der Waals surface area contributed by atoms with Gasteiger partial charge in [0.05, 0.1) is 5.60 Å². The van der Waals surface area contributed by atoms with Gasteiger partial charge in [-0.3, -0.25) is 0 Å². The van der Waals surface area contributed by atoms with Gasteiger partial charge in [-0.2, -0.15) is 0 Å². The van der Waals surface area contributed by atoms with Crippen molar-refractivity contribution in [1.82, 2.24) is 0 Å². The van der Waals surface area contributed by atoms with Crippen molar-refractivity contribution in [2.75, 3.05) is 0 Å². The topological polar surface area (TPSA) is 20.2 Å². The van der Waals surface area contributed by atoms with Crippen LogP contribution in [0, 0.1) is 5.82 Å². The van der Waals surface area contributed by atoms with Crippen LogP contribution >= 0.6 is 0 Å². The number of aliphatic hydroxyl groups is 1. The third kappa shape index (κ3) is 2.71. The number of benzene rings is 2. The molecular weight excluding hydrogens is 215 g/mol. The maximum atomic E-state index is 13.6. The van der Waals surface area contributed by atoms with E-state index in [9.17, 15) is 9.50 Å². The van der Waals surface area contributed by atoms with Gasteiger partial charge in [0.15, 0.2) is 0 Å². The summed E-state index contributed by atoms with van der Waals surface area (Å²) in [6.07, 6.45) is 0.398. The van der Waals surface area contributed by atoms with Gasteiger partial charge in [-0.05, 0) is 18.6 Å². The second-order valence-electron chi connectivity index (χ2n) is 4.42. The molecule has 0 aromatic heterocycles. The van der Waals surface area contributed by atoms with Gasteiger partial charge in [0.2, 0.25) is 0 Å². The minimum absolute atomic E-state index is 0.337. The summed E-state index contributed by atoms with van der Waals surface area (Å²) in [5.41, 5.74) is 0.136. The molecule has 0 saturated carbocycles. The third-order valence-corrected chi connectivity index (χ3v) is 2.85. The summed E-state index contributed by atoms with van der Waals surface area (Å²) in [7, 11) is 0. The highest BCUT2D eigenvalue weighted by molar-refractivity contribution is 5.27. The van der Waals surface area contributed by atoms with Gasteiger partial charge in [-0.25, -0.2) is 4.39 Å². The fourth-order valence-corrected chi connectivity index (χ4v) is 1.99. The third-order valence-electron chi connectivity index (χ3n) is 2.85. The Kier molecular flexibility index (Phi) is 3.25. The molecular formula is C15H15FO. The molecule has 0 spiro atoms. The van der Waals surface area contributed by atoms with Crippen LogP contribution in [0.4, 0.5) is 4.39 Å². The Morgan fingerprint density at radius 1 is 1.00 bits per heavy atom. The smallest absolute Gasteiger partial charge is 0.129 e. The lowest BCUT2D eigenvalue weighted by Gasteiger charge is -2.24. The molecule has 2 aromatic carbocycles. The molecule has 0 radical (unpaired) electrons. The van der Waals surface area contributed by atoms with Crippen LogP contribution in [0.3, 0.4) is 0 Å². The first-order valence-corrected chi connectivity index (χ1v) is 5.61. The molecule has 0 aliphatic rings. The van der Waals surface area contributed by atoms with Crippen molar-refractivity contribution in [1.29, 1.82) is 0 Å². The molecule has 2 rings (SSSR count). The molecule has 0 amide bonds. The summed E-state index contributed by atoms with van der Waals surface area (Å²) in [4.78, 5) is 0. The van der Waals surface area contributed by atoms with E-state index in [-0.39, 0.29) is 5.82 Å². The van der Waals surface area contributed by atoms with Crippen LogP contribution in [0.15, 0.2) is 54.6 Å². The van der Waals surface area contributed by atoms with E-state index in [0.717, 1.165) is 5.56 Å². The molecule has 2 aromatic rings. The van der Waals surface area contributed by atoms with Gasteiger partial charge in [0.1, 0.15) is 5.82 Å². The normalized spacial score (nSPS) is 14.3. The first kappa shape index (κ1) is 11.8. The predicted molar refractivity (Wildman–Crippen MR) is 66.1 cm³/mol. The molecule has 0 unspecified atom stereocenters. The largest absolute Gasteiger partial charge is 0.385 e. The molecule has 0 aliphatic heterocycles. The quantitative estimate of drug-likeness (QED) is 0.858. The summed E-state index contributed by atoms with van der Waals surface area (Å²) in [5.74, 6) is -0.367. The molecule has 0 saturated heterocycles. The van der Waals surface area contributed by atoms with Crippen molar-refractivity contribution in [2.45, 2.75) is 18.9 Å². The average Bonchev–Trinajstić information content (AvgIpc) is 2.30. The van der Waals surface area contributed by atoms with Crippen LogP contribution in [0.1, 0.15) is 18.1 Å². The highest BCUT2D eigenvalue weighted by Gasteiger charge is 2.26. The van der Waals surface area contributed by atoms with Crippen LogP contribution < -0.4 is 0 Å². The summed E-state index contributed by atoms with van der Waals surface area (Å²) in [5, 5.41) is 10.4. The fourth-order valence-electron chi connectivity index (χ4n) is 1.99. The van der Waals surface area contributed by atoms with E-state index in [4.69, 9.17) is 0 Å². The first-order chi connectivity index (χ1) is 8.09. The fraction of sp³-hybridized carbons (Fsp3) is 0.200. The average molecular weight is 230 g/mol. The molecule has 88 valence electrons. The lowest BCUT2D eigenvalue weighted by atomic mass is 9.89. The van der Waals surface area contributed by atoms with Crippen molar-refractivity contribution >= 4 is 0 Å². The maximum absolute atomic E-state index is 13.6. The van der Waals surface area contributed by atoms with Crippen LogP contribution in [0.5, 0.6) is 0 Å². The van der Waals surface area contributed by atoms with E-state index < -0.39 is 5.60 Å². The Labute approximate surface area is 101 Å². The summed E-state index contributed by atoms with van der Waals surface area (Å²) < 4.78 is 13.6. The molecule has 0 fully saturated rings. The molecule has 1 nitrogen and oxygen atoms in total. The molecule has 0 bridgehead atoms. The van der Waals surface area contributed by atoms with Gasteiger partial charge in [0, 0.05) is 12.0 Å². The predicted octanol–water partition coefficient (Wildman–Crippen LogP) is 3.28. The molecule has 17 heavy (non-hydrogen) atoms. The Morgan fingerprint density at radius 2 is 1.59 bits per heavy atom. The Morgan fingerprint density at radius 3 is 2.24 bits per heavy atom. The summed E-state index contributed by atoms with van der Waals surface area (Å²) in [6, 6.07) is 15.9. The Balaban J connectivity index is 2.28. The number of hydrogen-bond donors (Lipinski definition) is 1. The van der Waals surface area contributed by atoms with Crippen LogP contribution in [-0.4, -0.2) is 5.11 Å². The van der Waals surface area contributed by atoms with Crippen molar-refractivity contribution in [3.05, 3.63) is 71.5 Å². The van der Waals surface area contributed by atoms with Gasteiger partial charge < -0.3 is 5.11 Å². The minimum Gasteiger partial charge on any atom is -0.385 e. The first-order valence-electron chi connectivity index (χ1n) is 5.61. The standard InChI is InChI=1S/C15H15FO/c1-15(17,11-12-7-3-2-4-8-12)13-9-5-6-10-14(13)16/h2-10,17H,11H2,1H3/t15-/m1/s1. The minimum atomic E-state index is -1.19. The van der Waals surface area contributed by atoms with Crippen molar-refractivity contribution in [2.24, 2.45) is 0 Å². The van der Waals surface area contributed by atoms with Crippen molar-refractivity contribution in [3.8, 4) is 0 Å². The SMILES string of the molecule is C[C@@](O)(Cc1ccccc1)c1ccccc1F. The van der Waals surface area contributed by atoms with Gasteiger partial charge in [0.25, 0.3) is 0 Å².